The number of nitrogens with zero attached hydrogens (tertiary/aromatic N) is 2. The van der Waals surface area contributed by atoms with Crippen molar-refractivity contribution < 1.29 is 9.47 Å². The Kier molecular flexibility index (Phi) is 9.41. The molecule has 2 rings (SSSR count). The number of ether oxygens (including phenoxy) is 2. The van der Waals surface area contributed by atoms with Crippen LogP contribution in [0.5, 0.6) is 0 Å². The Morgan fingerprint density at radius 1 is 1.18 bits per heavy atom. The number of hydrogen-bond acceptors (Lipinski definition) is 5. The second-order valence-electron chi connectivity index (χ2n) is 8.84. The van der Waals surface area contributed by atoms with E-state index in [1.54, 1.807) is 0 Å². The summed E-state index contributed by atoms with van der Waals surface area (Å²) in [5.74, 6) is 1.49. The highest BCUT2D eigenvalue weighted by Gasteiger charge is 2.45. The highest BCUT2D eigenvalue weighted by atomic mass is 16.5. The summed E-state index contributed by atoms with van der Waals surface area (Å²) in [6.07, 6.45) is 4.35. The molecule has 2 unspecified atom stereocenters. The Morgan fingerprint density at radius 2 is 1.79 bits per heavy atom. The topological polar surface area (TPSA) is 62.4 Å². The van der Waals surface area contributed by atoms with Gasteiger partial charge in [-0.15, -0.1) is 0 Å². The lowest BCUT2D eigenvalue weighted by atomic mass is 9.59. The molecule has 0 bridgehead atoms. The van der Waals surface area contributed by atoms with Crippen molar-refractivity contribution in [3.63, 3.8) is 0 Å². The first-order chi connectivity index (χ1) is 13.4. The molecule has 162 valence electrons. The maximum Gasteiger partial charge on any atom is 0.0698 e. The lowest BCUT2D eigenvalue weighted by Crippen LogP contribution is -2.43. The quantitative estimate of drug-likeness (QED) is 0.570. The summed E-state index contributed by atoms with van der Waals surface area (Å²) in [7, 11) is 4.17. The molecule has 0 aliphatic heterocycles. The van der Waals surface area contributed by atoms with Crippen molar-refractivity contribution in [3.05, 3.63) is 17.5 Å². The minimum Gasteiger partial charge on any atom is -0.381 e. The number of H-pyrrole nitrogens is 1. The van der Waals surface area contributed by atoms with Crippen molar-refractivity contribution in [1.82, 2.24) is 20.4 Å². The molecule has 0 radical (unpaired) electrons. The van der Waals surface area contributed by atoms with Gasteiger partial charge in [0.15, 0.2) is 0 Å². The van der Waals surface area contributed by atoms with E-state index in [0.29, 0.717) is 17.8 Å². The van der Waals surface area contributed by atoms with Crippen LogP contribution >= 0.6 is 0 Å². The molecule has 1 fully saturated rings. The van der Waals surface area contributed by atoms with Crippen LogP contribution < -0.4 is 5.32 Å². The lowest BCUT2D eigenvalue weighted by molar-refractivity contribution is -0.0474. The van der Waals surface area contributed by atoms with Gasteiger partial charge >= 0.3 is 0 Å². The van der Waals surface area contributed by atoms with Gasteiger partial charge in [0, 0.05) is 63.7 Å². The van der Waals surface area contributed by atoms with Gasteiger partial charge in [0.05, 0.1) is 5.69 Å². The Hall–Kier alpha value is -0.950. The van der Waals surface area contributed by atoms with Gasteiger partial charge in [-0.05, 0) is 58.0 Å². The predicted molar refractivity (Wildman–Crippen MR) is 115 cm³/mol. The molecule has 0 saturated heterocycles. The number of rotatable bonds is 12. The summed E-state index contributed by atoms with van der Waals surface area (Å²) in [4.78, 5) is 2.35. The molecule has 2 N–H and O–H groups in total. The van der Waals surface area contributed by atoms with Crippen LogP contribution in [0, 0.1) is 17.3 Å². The van der Waals surface area contributed by atoms with Gasteiger partial charge in [-0.3, -0.25) is 5.10 Å². The Balaban J connectivity index is 2.16. The van der Waals surface area contributed by atoms with E-state index in [-0.39, 0.29) is 5.41 Å². The van der Waals surface area contributed by atoms with Crippen LogP contribution in [0.4, 0.5) is 0 Å². The predicted octanol–water partition coefficient (Wildman–Crippen LogP) is 3.27. The van der Waals surface area contributed by atoms with E-state index in [4.69, 9.17) is 14.6 Å². The van der Waals surface area contributed by atoms with E-state index in [1.165, 1.54) is 11.3 Å². The maximum absolute atomic E-state index is 5.88. The highest BCUT2D eigenvalue weighted by molar-refractivity contribution is 5.22. The van der Waals surface area contributed by atoms with E-state index < -0.39 is 0 Å². The monoisotopic (exact) mass is 394 g/mol. The van der Waals surface area contributed by atoms with Crippen LogP contribution in [0.15, 0.2) is 6.20 Å². The summed E-state index contributed by atoms with van der Waals surface area (Å²) < 4.78 is 11.8. The van der Waals surface area contributed by atoms with Gasteiger partial charge in [-0.2, -0.15) is 5.10 Å². The first-order valence-corrected chi connectivity index (χ1v) is 10.9. The fourth-order valence-electron chi connectivity index (χ4n) is 4.51. The average molecular weight is 395 g/mol. The fraction of sp³-hybridized carbons (Fsp3) is 0.864. The standard InChI is InChI=1S/C22H42N4O2/c1-7-27-15-19-11-17(12-20(16-28-8-2)22(19,3)4)21-18(13-24-25-21)14-26(6)10-9-23-5/h13,17,19-20,23H,7-12,14-16H2,1-6H3,(H,24,25)/t17?,19-,20?/m0/s1. The summed E-state index contributed by atoms with van der Waals surface area (Å²) in [6, 6.07) is 0. The second-order valence-corrected chi connectivity index (χ2v) is 8.84. The fourth-order valence-corrected chi connectivity index (χ4v) is 4.51. The molecule has 0 aromatic carbocycles. The van der Waals surface area contributed by atoms with Crippen molar-refractivity contribution in [2.75, 3.05) is 53.6 Å². The Labute approximate surface area is 171 Å². The zero-order chi connectivity index (χ0) is 20.6. The van der Waals surface area contributed by atoms with Crippen LogP contribution in [-0.4, -0.2) is 68.7 Å². The van der Waals surface area contributed by atoms with E-state index in [0.717, 1.165) is 58.9 Å². The molecular formula is C22H42N4O2. The molecule has 1 saturated carbocycles. The Morgan fingerprint density at radius 3 is 2.32 bits per heavy atom. The van der Waals surface area contributed by atoms with Crippen molar-refractivity contribution >= 4 is 0 Å². The largest absolute Gasteiger partial charge is 0.381 e. The molecule has 0 spiro atoms. The maximum atomic E-state index is 5.88. The van der Waals surface area contributed by atoms with Crippen molar-refractivity contribution in [1.29, 1.82) is 0 Å². The van der Waals surface area contributed by atoms with E-state index >= 15 is 0 Å². The number of aromatic nitrogens is 2. The van der Waals surface area contributed by atoms with Gasteiger partial charge in [0.25, 0.3) is 0 Å². The third kappa shape index (κ3) is 6.02. The van der Waals surface area contributed by atoms with Crippen LogP contribution in [-0.2, 0) is 16.0 Å². The average Bonchev–Trinajstić information content (AvgIpc) is 3.12. The lowest BCUT2D eigenvalue weighted by Gasteiger charge is -2.48. The molecule has 1 heterocycles. The van der Waals surface area contributed by atoms with Crippen molar-refractivity contribution in [3.8, 4) is 0 Å². The van der Waals surface area contributed by atoms with E-state index in [2.05, 4.69) is 56.3 Å². The van der Waals surface area contributed by atoms with E-state index in [1.807, 2.05) is 7.05 Å². The minimum absolute atomic E-state index is 0.209. The molecule has 1 aromatic rings. The molecular weight excluding hydrogens is 352 g/mol. The number of aromatic amines is 1. The second kappa shape index (κ2) is 11.3. The molecule has 28 heavy (non-hydrogen) atoms. The van der Waals surface area contributed by atoms with Gasteiger partial charge in [-0.25, -0.2) is 0 Å². The highest BCUT2D eigenvalue weighted by Crippen LogP contribution is 2.50. The smallest absolute Gasteiger partial charge is 0.0698 e. The Bertz CT molecular complexity index is 540. The van der Waals surface area contributed by atoms with Gasteiger partial charge < -0.3 is 19.7 Å². The summed E-state index contributed by atoms with van der Waals surface area (Å²) in [5.41, 5.74) is 2.78. The number of likely N-dealkylation sites (N-methyl/N-ethyl adjacent to an activating group) is 2. The third-order valence-electron chi connectivity index (χ3n) is 6.61. The van der Waals surface area contributed by atoms with Crippen LogP contribution in [0.3, 0.4) is 0 Å². The van der Waals surface area contributed by atoms with E-state index in [9.17, 15) is 0 Å². The normalized spacial score (nSPS) is 24.8. The number of hydrogen-bond donors (Lipinski definition) is 2. The van der Waals surface area contributed by atoms with Gasteiger partial charge in [-0.1, -0.05) is 13.8 Å². The SMILES string of the molecule is CCOCC1CC(c2n[nH]cc2CN(C)CCNC)C[C@@H](COCC)C1(C)C. The van der Waals surface area contributed by atoms with Crippen LogP contribution in [0.25, 0.3) is 0 Å². The van der Waals surface area contributed by atoms with Crippen LogP contribution in [0.2, 0.25) is 0 Å². The van der Waals surface area contributed by atoms with Gasteiger partial charge in [0.1, 0.15) is 0 Å². The molecule has 0 amide bonds. The molecule has 1 aliphatic rings. The number of nitrogens with one attached hydrogen (secondary N) is 2. The summed E-state index contributed by atoms with van der Waals surface area (Å²) in [5, 5.41) is 11.1. The summed E-state index contributed by atoms with van der Waals surface area (Å²) >= 11 is 0. The molecule has 6 nitrogen and oxygen atoms in total. The zero-order valence-electron chi connectivity index (χ0n) is 18.9. The molecule has 3 atom stereocenters. The van der Waals surface area contributed by atoms with Crippen molar-refractivity contribution in [2.45, 2.75) is 53.0 Å². The zero-order valence-corrected chi connectivity index (χ0v) is 18.9. The van der Waals surface area contributed by atoms with Crippen molar-refractivity contribution in [2.24, 2.45) is 17.3 Å². The van der Waals surface area contributed by atoms with Crippen LogP contribution in [0.1, 0.15) is 57.7 Å². The minimum atomic E-state index is 0.209. The first kappa shape index (κ1) is 23.3. The molecule has 1 aliphatic carbocycles. The summed E-state index contributed by atoms with van der Waals surface area (Å²) in [6.45, 7) is 15.1. The molecule has 1 aromatic heterocycles. The first-order valence-electron chi connectivity index (χ1n) is 10.9. The molecule has 6 heteroatoms. The third-order valence-corrected chi connectivity index (χ3v) is 6.61. The van der Waals surface area contributed by atoms with Gasteiger partial charge in [0.2, 0.25) is 0 Å².